The summed E-state index contributed by atoms with van der Waals surface area (Å²) in [4.78, 5) is 10.5. The van der Waals surface area contributed by atoms with E-state index in [-0.39, 0.29) is 5.43 Å². The van der Waals surface area contributed by atoms with Crippen molar-refractivity contribution >= 4 is 17.5 Å². The second-order valence-electron chi connectivity index (χ2n) is 4.21. The number of rotatable bonds is 3. The maximum absolute atomic E-state index is 10.5. The molecule has 3 aromatic carbocycles. The first-order chi connectivity index (χ1) is 11.1. The molecule has 0 aliphatic carbocycles. The van der Waals surface area contributed by atoms with Crippen LogP contribution < -0.4 is 19.6 Å². The van der Waals surface area contributed by atoms with Crippen molar-refractivity contribution in [2.75, 3.05) is 21.3 Å². The zero-order valence-electron chi connectivity index (χ0n) is 13.3. The normalized spacial score (nSPS) is 9.17. The fourth-order valence-electron chi connectivity index (χ4n) is 1.85. The van der Waals surface area contributed by atoms with Crippen molar-refractivity contribution in [1.82, 2.24) is 0 Å². The summed E-state index contributed by atoms with van der Waals surface area (Å²) in [6, 6.07) is 12.9. The van der Waals surface area contributed by atoms with Crippen LogP contribution in [0.2, 0.25) is 0 Å². The van der Waals surface area contributed by atoms with E-state index < -0.39 is 0 Å². The first-order valence-corrected chi connectivity index (χ1v) is 6.63. The number of oxime groups is 1. The monoisotopic (exact) mass is 317 g/mol. The van der Waals surface area contributed by atoms with Crippen LogP contribution in [0.15, 0.2) is 52.4 Å². The third-order valence-corrected chi connectivity index (χ3v) is 2.94. The first-order valence-electron chi connectivity index (χ1n) is 6.63. The summed E-state index contributed by atoms with van der Waals surface area (Å²) in [5.74, 6) is 1.98. The SMILES string of the molecule is C=NO.COc1cccc(OC)c1OC.O=c1c2ccccc12. The van der Waals surface area contributed by atoms with Gasteiger partial charge in [-0.25, -0.2) is 0 Å². The molecule has 0 aliphatic rings. The highest BCUT2D eigenvalue weighted by atomic mass is 16.5. The fraction of sp³-hybridized carbons (Fsp3) is 0.176. The van der Waals surface area contributed by atoms with Crippen LogP contribution in [-0.4, -0.2) is 33.3 Å². The second kappa shape index (κ2) is 9.09. The second-order valence-corrected chi connectivity index (χ2v) is 4.21. The Balaban J connectivity index is 0.000000206. The minimum atomic E-state index is 0.218. The van der Waals surface area contributed by atoms with Crippen LogP contribution in [0.1, 0.15) is 0 Å². The van der Waals surface area contributed by atoms with Gasteiger partial charge in [-0.15, -0.1) is 5.16 Å². The zero-order valence-corrected chi connectivity index (χ0v) is 13.3. The number of para-hydroxylation sites is 1. The van der Waals surface area contributed by atoms with Crippen molar-refractivity contribution in [2.45, 2.75) is 0 Å². The van der Waals surface area contributed by atoms with E-state index >= 15 is 0 Å². The summed E-state index contributed by atoms with van der Waals surface area (Å²) < 4.78 is 15.3. The molecule has 0 aliphatic heterocycles. The zero-order chi connectivity index (χ0) is 17.2. The summed E-state index contributed by atoms with van der Waals surface area (Å²) in [5, 5.41) is 11.1. The molecule has 6 heteroatoms. The number of hydrogen-bond acceptors (Lipinski definition) is 6. The highest BCUT2D eigenvalue weighted by Crippen LogP contribution is 2.35. The molecule has 0 saturated carbocycles. The Labute approximate surface area is 134 Å². The number of nitrogens with zero attached hydrogens (tertiary/aromatic N) is 1. The molecule has 3 aromatic rings. The summed E-state index contributed by atoms with van der Waals surface area (Å²) in [6.07, 6.45) is 0. The van der Waals surface area contributed by atoms with Crippen LogP contribution >= 0.6 is 0 Å². The summed E-state index contributed by atoms with van der Waals surface area (Å²) in [6.45, 7) is 2.67. The van der Waals surface area contributed by atoms with E-state index in [9.17, 15) is 4.79 Å². The van der Waals surface area contributed by atoms with Gasteiger partial charge in [0.05, 0.1) is 21.3 Å². The van der Waals surface area contributed by atoms with Gasteiger partial charge in [0.2, 0.25) is 5.75 Å². The molecule has 0 heterocycles. The Morgan fingerprint density at radius 2 is 1.30 bits per heavy atom. The van der Waals surface area contributed by atoms with Gasteiger partial charge in [0.1, 0.15) is 0 Å². The molecule has 0 spiro atoms. The van der Waals surface area contributed by atoms with Crippen LogP contribution in [0, 0.1) is 0 Å². The van der Waals surface area contributed by atoms with Crippen molar-refractivity contribution in [2.24, 2.45) is 5.16 Å². The van der Waals surface area contributed by atoms with Gasteiger partial charge in [0, 0.05) is 17.5 Å². The summed E-state index contributed by atoms with van der Waals surface area (Å²) in [7, 11) is 4.77. The van der Waals surface area contributed by atoms with E-state index in [4.69, 9.17) is 19.4 Å². The van der Waals surface area contributed by atoms with Crippen molar-refractivity contribution < 1.29 is 19.4 Å². The first kappa shape index (κ1) is 18.0. The van der Waals surface area contributed by atoms with Crippen molar-refractivity contribution in [3.05, 3.63) is 52.7 Å². The molecule has 0 bridgehead atoms. The van der Waals surface area contributed by atoms with Gasteiger partial charge in [0.25, 0.3) is 0 Å². The topological polar surface area (TPSA) is 77.4 Å². The molecule has 0 radical (unpaired) electrons. The molecule has 122 valence electrons. The minimum absolute atomic E-state index is 0.218. The van der Waals surface area contributed by atoms with E-state index in [1.54, 1.807) is 21.3 Å². The van der Waals surface area contributed by atoms with Crippen LogP contribution in [0.3, 0.4) is 0 Å². The smallest absolute Gasteiger partial charge is 0.203 e. The Bertz CT molecular complexity index is 706. The Hall–Kier alpha value is -3.02. The average Bonchev–Trinajstić information content (AvgIpc) is 3.26. The number of ether oxygens (including phenoxy) is 3. The van der Waals surface area contributed by atoms with Crippen LogP contribution in [0.5, 0.6) is 17.2 Å². The third-order valence-electron chi connectivity index (χ3n) is 2.94. The van der Waals surface area contributed by atoms with Crippen molar-refractivity contribution in [3.63, 3.8) is 0 Å². The molecule has 0 fully saturated rings. The lowest BCUT2D eigenvalue weighted by molar-refractivity contribution is 0.323. The Kier molecular flexibility index (Phi) is 7.13. The largest absolute Gasteiger partial charge is 0.493 e. The quantitative estimate of drug-likeness (QED) is 0.456. The molecular formula is C17H19NO5. The lowest BCUT2D eigenvalue weighted by Gasteiger charge is -2.10. The van der Waals surface area contributed by atoms with Gasteiger partial charge in [-0.05, 0) is 12.1 Å². The molecule has 0 atom stereocenters. The average molecular weight is 317 g/mol. The maximum Gasteiger partial charge on any atom is 0.203 e. The van der Waals surface area contributed by atoms with Gasteiger partial charge >= 0.3 is 0 Å². The number of benzene rings is 2. The highest BCUT2D eigenvalue weighted by Gasteiger charge is 2.08. The number of methoxy groups -OCH3 is 3. The van der Waals surface area contributed by atoms with Gasteiger partial charge in [-0.2, -0.15) is 0 Å². The number of fused-ring (bicyclic) bond motifs is 1. The van der Waals surface area contributed by atoms with Gasteiger partial charge in [0.15, 0.2) is 16.9 Å². The van der Waals surface area contributed by atoms with Crippen molar-refractivity contribution in [3.8, 4) is 17.2 Å². The van der Waals surface area contributed by atoms with E-state index in [0.717, 1.165) is 10.8 Å². The van der Waals surface area contributed by atoms with E-state index in [2.05, 4.69) is 11.9 Å². The molecule has 0 aromatic heterocycles. The lowest BCUT2D eigenvalue weighted by atomic mass is 10.3. The predicted octanol–water partition coefficient (Wildman–Crippen LogP) is 2.86. The van der Waals surface area contributed by atoms with Gasteiger partial charge in [-0.1, -0.05) is 30.3 Å². The summed E-state index contributed by atoms with van der Waals surface area (Å²) in [5.41, 5.74) is 0.218. The molecule has 23 heavy (non-hydrogen) atoms. The van der Waals surface area contributed by atoms with Gasteiger partial charge < -0.3 is 19.4 Å². The molecular weight excluding hydrogens is 298 g/mol. The van der Waals surface area contributed by atoms with Crippen LogP contribution in [-0.2, 0) is 0 Å². The van der Waals surface area contributed by atoms with Crippen LogP contribution in [0.4, 0.5) is 0 Å². The molecule has 0 amide bonds. The maximum atomic E-state index is 10.5. The molecule has 0 saturated heterocycles. The Morgan fingerprint density at radius 3 is 1.61 bits per heavy atom. The van der Waals surface area contributed by atoms with Crippen molar-refractivity contribution in [1.29, 1.82) is 0 Å². The van der Waals surface area contributed by atoms with Gasteiger partial charge in [-0.3, -0.25) is 4.79 Å². The van der Waals surface area contributed by atoms with Crippen LogP contribution in [0.25, 0.3) is 10.8 Å². The fourth-order valence-corrected chi connectivity index (χ4v) is 1.85. The predicted molar refractivity (Wildman–Crippen MR) is 90.0 cm³/mol. The standard InChI is InChI=1S/C9H12O3.C7H4O.CH3NO/c1-10-7-5-4-6-8(11-2)9(7)12-3;8-7-5-3-1-2-4-6(5)7;1-2-3/h4-6H,1-3H3;1-4H;3H,1H2. The third kappa shape index (κ3) is 4.74. The molecule has 3 rings (SSSR count). The molecule has 6 nitrogen and oxygen atoms in total. The van der Waals surface area contributed by atoms with E-state index in [0.29, 0.717) is 17.2 Å². The highest BCUT2D eigenvalue weighted by molar-refractivity contribution is 5.96. The summed E-state index contributed by atoms with van der Waals surface area (Å²) >= 11 is 0. The molecule has 0 unspecified atom stereocenters. The minimum Gasteiger partial charge on any atom is -0.493 e. The van der Waals surface area contributed by atoms with E-state index in [1.165, 1.54) is 0 Å². The number of hydrogen-bond donors (Lipinski definition) is 1. The lowest BCUT2D eigenvalue weighted by Crippen LogP contribution is -1.93. The van der Waals surface area contributed by atoms with E-state index in [1.807, 2.05) is 42.5 Å². The Morgan fingerprint density at radius 1 is 0.870 bits per heavy atom. The molecule has 1 N–H and O–H groups in total.